The van der Waals surface area contributed by atoms with Crippen molar-refractivity contribution in [1.82, 2.24) is 4.57 Å². The van der Waals surface area contributed by atoms with E-state index in [-0.39, 0.29) is 12.2 Å². The summed E-state index contributed by atoms with van der Waals surface area (Å²) in [5.41, 5.74) is 7.89. The number of hydrogen-bond donors (Lipinski definition) is 1. The van der Waals surface area contributed by atoms with Gasteiger partial charge in [-0.1, -0.05) is 42.5 Å². The Kier molecular flexibility index (Phi) is 5.74. The Labute approximate surface area is 182 Å². The van der Waals surface area contributed by atoms with Gasteiger partial charge >= 0.3 is 6.18 Å². The first kappa shape index (κ1) is 21.6. The van der Waals surface area contributed by atoms with Crippen molar-refractivity contribution < 1.29 is 22.4 Å². The molecule has 1 unspecified atom stereocenters. The van der Waals surface area contributed by atoms with Crippen LogP contribution in [0.3, 0.4) is 0 Å². The van der Waals surface area contributed by atoms with Gasteiger partial charge in [0, 0.05) is 36.0 Å². The van der Waals surface area contributed by atoms with Crippen LogP contribution in [0.15, 0.2) is 79.0 Å². The zero-order chi connectivity index (χ0) is 22.9. The molecule has 1 amide bonds. The monoisotopic (exact) mass is 440 g/mol. The van der Waals surface area contributed by atoms with E-state index in [9.17, 15) is 22.4 Å². The lowest BCUT2D eigenvalue weighted by Gasteiger charge is -2.17. The molecule has 4 rings (SSSR count). The van der Waals surface area contributed by atoms with Crippen LogP contribution in [0.4, 0.5) is 17.6 Å². The SMILES string of the molecule is NC(=O)CC(c1ccc(C(F)(F)F)cc1)c1cn(Cc2ccc(F)cc2)c2ccccc12. The largest absolute Gasteiger partial charge is 0.416 e. The number of para-hydroxylation sites is 1. The summed E-state index contributed by atoms with van der Waals surface area (Å²) in [6.45, 7) is 0.469. The van der Waals surface area contributed by atoms with Gasteiger partial charge < -0.3 is 10.3 Å². The fraction of sp³-hybridized carbons (Fsp3) is 0.160. The van der Waals surface area contributed by atoms with Crippen LogP contribution < -0.4 is 5.73 Å². The van der Waals surface area contributed by atoms with Gasteiger partial charge in [-0.3, -0.25) is 4.79 Å². The van der Waals surface area contributed by atoms with E-state index in [0.29, 0.717) is 12.1 Å². The predicted molar refractivity (Wildman–Crippen MR) is 115 cm³/mol. The summed E-state index contributed by atoms with van der Waals surface area (Å²) >= 11 is 0. The summed E-state index contributed by atoms with van der Waals surface area (Å²) in [6, 6.07) is 18.6. The molecule has 0 fully saturated rings. The van der Waals surface area contributed by atoms with Gasteiger partial charge in [0.25, 0.3) is 0 Å². The van der Waals surface area contributed by atoms with Gasteiger partial charge in [-0.15, -0.1) is 0 Å². The van der Waals surface area contributed by atoms with E-state index >= 15 is 0 Å². The Bertz CT molecular complexity index is 1240. The summed E-state index contributed by atoms with van der Waals surface area (Å²) in [7, 11) is 0. The number of nitrogens with two attached hydrogens (primary N) is 1. The first-order chi connectivity index (χ1) is 15.2. The van der Waals surface area contributed by atoms with Crippen LogP contribution in [-0.4, -0.2) is 10.5 Å². The summed E-state index contributed by atoms with van der Waals surface area (Å²) in [6.07, 6.45) is -2.60. The number of fused-ring (bicyclic) bond motifs is 1. The third kappa shape index (κ3) is 4.51. The number of primary amides is 1. The number of alkyl halides is 3. The van der Waals surface area contributed by atoms with Crippen molar-refractivity contribution in [2.75, 3.05) is 0 Å². The average molecular weight is 440 g/mol. The highest BCUT2D eigenvalue weighted by Gasteiger charge is 2.31. The first-order valence-electron chi connectivity index (χ1n) is 10.00. The van der Waals surface area contributed by atoms with Crippen LogP contribution in [-0.2, 0) is 17.5 Å². The number of carbonyl (C=O) groups is 1. The molecule has 1 atom stereocenters. The average Bonchev–Trinajstić information content (AvgIpc) is 3.11. The summed E-state index contributed by atoms with van der Waals surface area (Å²) < 4.78 is 54.3. The molecule has 0 radical (unpaired) electrons. The molecule has 2 N–H and O–H groups in total. The van der Waals surface area contributed by atoms with Crippen LogP contribution in [0.25, 0.3) is 10.9 Å². The third-order valence-corrected chi connectivity index (χ3v) is 5.51. The van der Waals surface area contributed by atoms with E-state index in [1.165, 1.54) is 24.3 Å². The number of aromatic nitrogens is 1. The smallest absolute Gasteiger partial charge is 0.370 e. The predicted octanol–water partition coefficient (Wildman–Crippen LogP) is 5.85. The molecule has 0 bridgehead atoms. The number of halogens is 4. The van der Waals surface area contributed by atoms with Crippen molar-refractivity contribution >= 4 is 16.8 Å². The second kappa shape index (κ2) is 8.49. The fourth-order valence-corrected chi connectivity index (χ4v) is 3.98. The lowest BCUT2D eigenvalue weighted by Crippen LogP contribution is -2.16. The minimum Gasteiger partial charge on any atom is -0.370 e. The van der Waals surface area contributed by atoms with Crippen molar-refractivity contribution in [3.05, 3.63) is 107 Å². The molecule has 164 valence electrons. The maximum Gasteiger partial charge on any atom is 0.416 e. The Hall–Kier alpha value is -3.61. The van der Waals surface area contributed by atoms with Gasteiger partial charge in [0.2, 0.25) is 5.91 Å². The minimum absolute atomic E-state index is 0.0457. The van der Waals surface area contributed by atoms with Gasteiger partial charge in [0.05, 0.1) is 5.56 Å². The van der Waals surface area contributed by atoms with E-state index in [2.05, 4.69) is 0 Å². The molecule has 32 heavy (non-hydrogen) atoms. The van der Waals surface area contributed by atoms with Crippen molar-refractivity contribution in [2.24, 2.45) is 5.73 Å². The van der Waals surface area contributed by atoms with E-state index < -0.39 is 23.6 Å². The topological polar surface area (TPSA) is 48.0 Å². The molecule has 3 nitrogen and oxygen atoms in total. The van der Waals surface area contributed by atoms with Gasteiger partial charge in [0.1, 0.15) is 5.82 Å². The summed E-state index contributed by atoms with van der Waals surface area (Å²) in [5.74, 6) is -1.38. The Morgan fingerprint density at radius 3 is 2.22 bits per heavy atom. The molecule has 0 saturated carbocycles. The molecule has 0 saturated heterocycles. The molecule has 7 heteroatoms. The van der Waals surface area contributed by atoms with Gasteiger partial charge in [0.15, 0.2) is 0 Å². The Morgan fingerprint density at radius 2 is 1.59 bits per heavy atom. The molecule has 3 aromatic carbocycles. The standard InChI is InChI=1S/C25H20F4N2O/c26-19-11-5-16(6-12-19)14-31-15-22(20-3-1-2-4-23(20)31)21(13-24(30)32)17-7-9-18(10-8-17)25(27,28)29/h1-12,15,21H,13-14H2,(H2,30,32). The molecule has 1 heterocycles. The molecule has 0 aliphatic rings. The number of benzene rings is 3. The molecule has 0 aliphatic carbocycles. The molecule has 0 spiro atoms. The molecular weight excluding hydrogens is 420 g/mol. The van der Waals surface area contributed by atoms with Crippen molar-refractivity contribution in [2.45, 2.75) is 25.1 Å². The van der Waals surface area contributed by atoms with Crippen molar-refractivity contribution in [1.29, 1.82) is 0 Å². The lowest BCUT2D eigenvalue weighted by molar-refractivity contribution is -0.137. The maximum absolute atomic E-state index is 13.3. The van der Waals surface area contributed by atoms with Crippen LogP contribution in [0, 0.1) is 5.82 Å². The van der Waals surface area contributed by atoms with Crippen LogP contribution >= 0.6 is 0 Å². The number of carbonyl (C=O) groups excluding carboxylic acids is 1. The molecule has 1 aromatic heterocycles. The van der Waals surface area contributed by atoms with Crippen molar-refractivity contribution in [3.63, 3.8) is 0 Å². The van der Waals surface area contributed by atoms with E-state index in [1.807, 2.05) is 35.0 Å². The lowest BCUT2D eigenvalue weighted by atomic mass is 9.87. The zero-order valence-corrected chi connectivity index (χ0v) is 16.9. The van der Waals surface area contributed by atoms with Crippen LogP contribution in [0.1, 0.15) is 34.6 Å². The normalized spacial score (nSPS) is 12.8. The van der Waals surface area contributed by atoms with E-state index in [1.54, 1.807) is 12.1 Å². The third-order valence-electron chi connectivity index (χ3n) is 5.51. The summed E-state index contributed by atoms with van der Waals surface area (Å²) in [5, 5.41) is 0.876. The molecular formula is C25H20F4N2O. The Morgan fingerprint density at radius 1 is 0.938 bits per heavy atom. The van der Waals surface area contributed by atoms with E-state index in [0.717, 1.165) is 34.2 Å². The van der Waals surface area contributed by atoms with Crippen LogP contribution in [0.5, 0.6) is 0 Å². The second-order valence-electron chi connectivity index (χ2n) is 7.70. The molecule has 0 aliphatic heterocycles. The number of nitrogens with zero attached hydrogens (tertiary/aromatic N) is 1. The molecule has 4 aromatic rings. The van der Waals surface area contributed by atoms with Gasteiger partial charge in [-0.2, -0.15) is 13.2 Å². The van der Waals surface area contributed by atoms with Crippen molar-refractivity contribution in [3.8, 4) is 0 Å². The first-order valence-corrected chi connectivity index (χ1v) is 10.00. The van der Waals surface area contributed by atoms with E-state index in [4.69, 9.17) is 5.73 Å². The highest BCUT2D eigenvalue weighted by molar-refractivity contribution is 5.86. The van der Waals surface area contributed by atoms with Gasteiger partial charge in [-0.25, -0.2) is 4.39 Å². The number of rotatable bonds is 6. The zero-order valence-electron chi connectivity index (χ0n) is 16.9. The van der Waals surface area contributed by atoms with Gasteiger partial charge in [-0.05, 0) is 47.0 Å². The highest BCUT2D eigenvalue weighted by atomic mass is 19.4. The second-order valence-corrected chi connectivity index (χ2v) is 7.70. The summed E-state index contributed by atoms with van der Waals surface area (Å²) in [4.78, 5) is 11.8. The number of amides is 1. The fourth-order valence-electron chi connectivity index (χ4n) is 3.98. The minimum atomic E-state index is -4.44. The maximum atomic E-state index is 13.3. The van der Waals surface area contributed by atoms with Crippen LogP contribution in [0.2, 0.25) is 0 Å². The number of hydrogen-bond acceptors (Lipinski definition) is 1. The quantitative estimate of drug-likeness (QED) is 0.376. The Balaban J connectivity index is 1.79. The highest BCUT2D eigenvalue weighted by Crippen LogP contribution is 2.36.